The van der Waals surface area contributed by atoms with Crippen LogP contribution in [0.3, 0.4) is 0 Å². The molecule has 118 valence electrons. The van der Waals surface area contributed by atoms with Crippen molar-refractivity contribution in [2.24, 2.45) is 5.92 Å². The van der Waals surface area contributed by atoms with Crippen LogP contribution in [0.2, 0.25) is 0 Å². The zero-order valence-electron chi connectivity index (χ0n) is 12.7. The van der Waals surface area contributed by atoms with Crippen LogP contribution in [-0.4, -0.2) is 36.0 Å². The Hall–Kier alpha value is -2.37. The van der Waals surface area contributed by atoms with E-state index >= 15 is 0 Å². The minimum absolute atomic E-state index is 0.0749. The second-order valence-corrected chi connectivity index (χ2v) is 5.69. The largest absolute Gasteiger partial charge is 0.439 e. The van der Waals surface area contributed by atoms with Gasteiger partial charge < -0.3 is 10.1 Å². The lowest BCUT2D eigenvalue weighted by molar-refractivity contribution is -0.127. The Morgan fingerprint density at radius 2 is 1.95 bits per heavy atom. The van der Waals surface area contributed by atoms with Gasteiger partial charge in [-0.05, 0) is 11.5 Å². The number of rotatable bonds is 6. The van der Waals surface area contributed by atoms with Crippen molar-refractivity contribution in [1.29, 1.82) is 0 Å². The summed E-state index contributed by atoms with van der Waals surface area (Å²) in [5.74, 6) is -0.261. The number of carbonyl (C=O) groups is 3. The maximum atomic E-state index is 12.0. The van der Waals surface area contributed by atoms with Crippen molar-refractivity contribution >= 4 is 17.9 Å². The number of hydrogen-bond donors (Lipinski definition) is 1. The van der Waals surface area contributed by atoms with Crippen molar-refractivity contribution in [1.82, 2.24) is 10.2 Å². The second-order valence-electron chi connectivity index (χ2n) is 5.69. The summed E-state index contributed by atoms with van der Waals surface area (Å²) in [4.78, 5) is 36.3. The smallest absolute Gasteiger partial charge is 0.417 e. The summed E-state index contributed by atoms with van der Waals surface area (Å²) < 4.78 is 4.71. The molecule has 1 heterocycles. The lowest BCUT2D eigenvalue weighted by Crippen LogP contribution is -2.40. The number of nitrogens with one attached hydrogen (secondary N) is 1. The third-order valence-corrected chi connectivity index (χ3v) is 3.34. The SMILES string of the molecule is CC(C)CC(=O)NC(CN1C(=O)COC1=O)c1ccccc1. The van der Waals surface area contributed by atoms with Crippen LogP contribution in [-0.2, 0) is 14.3 Å². The van der Waals surface area contributed by atoms with E-state index in [4.69, 9.17) is 4.74 Å². The van der Waals surface area contributed by atoms with E-state index in [1.54, 1.807) is 0 Å². The summed E-state index contributed by atoms with van der Waals surface area (Å²) in [6, 6.07) is 8.83. The molecule has 22 heavy (non-hydrogen) atoms. The summed E-state index contributed by atoms with van der Waals surface area (Å²) >= 11 is 0. The van der Waals surface area contributed by atoms with Crippen LogP contribution < -0.4 is 5.32 Å². The van der Waals surface area contributed by atoms with Gasteiger partial charge in [-0.2, -0.15) is 0 Å². The molecule has 1 N–H and O–H groups in total. The summed E-state index contributed by atoms with van der Waals surface area (Å²) in [6.07, 6.45) is -0.272. The van der Waals surface area contributed by atoms with Crippen LogP contribution in [0.15, 0.2) is 30.3 Å². The van der Waals surface area contributed by atoms with Gasteiger partial charge in [-0.1, -0.05) is 44.2 Å². The molecular weight excluding hydrogens is 284 g/mol. The normalized spacial score (nSPS) is 15.9. The zero-order valence-corrected chi connectivity index (χ0v) is 12.7. The minimum atomic E-state index is -0.663. The van der Waals surface area contributed by atoms with Crippen LogP contribution in [0.4, 0.5) is 4.79 Å². The van der Waals surface area contributed by atoms with Gasteiger partial charge in [-0.25, -0.2) is 9.69 Å². The molecule has 0 bridgehead atoms. The van der Waals surface area contributed by atoms with Gasteiger partial charge in [-0.3, -0.25) is 9.59 Å². The third kappa shape index (κ3) is 4.07. The molecule has 6 heteroatoms. The number of carbonyl (C=O) groups excluding carboxylic acids is 3. The Labute approximate surface area is 129 Å². The Bertz CT molecular complexity index is 541. The molecule has 0 saturated carbocycles. The molecule has 1 unspecified atom stereocenters. The monoisotopic (exact) mass is 304 g/mol. The Balaban J connectivity index is 2.13. The van der Waals surface area contributed by atoms with Crippen LogP contribution in [0.1, 0.15) is 31.9 Å². The van der Waals surface area contributed by atoms with Gasteiger partial charge in [0.1, 0.15) is 0 Å². The van der Waals surface area contributed by atoms with E-state index in [0.29, 0.717) is 6.42 Å². The standard InChI is InChI=1S/C16H20N2O4/c1-11(2)8-14(19)17-13(12-6-4-3-5-7-12)9-18-15(20)10-22-16(18)21/h3-7,11,13H,8-10H2,1-2H3,(H,17,19). The molecule has 1 saturated heterocycles. The van der Waals surface area contributed by atoms with E-state index in [9.17, 15) is 14.4 Å². The first kappa shape index (κ1) is 16.0. The molecule has 0 aromatic heterocycles. The first-order chi connectivity index (χ1) is 10.5. The van der Waals surface area contributed by atoms with Gasteiger partial charge in [0.05, 0.1) is 12.6 Å². The zero-order chi connectivity index (χ0) is 16.1. The molecule has 3 amide bonds. The number of cyclic esters (lactones) is 1. The Morgan fingerprint density at radius 3 is 2.50 bits per heavy atom. The first-order valence-corrected chi connectivity index (χ1v) is 7.28. The molecule has 2 rings (SSSR count). The molecule has 1 aliphatic heterocycles. The van der Waals surface area contributed by atoms with E-state index < -0.39 is 12.1 Å². The molecule has 0 aliphatic carbocycles. The maximum absolute atomic E-state index is 12.0. The first-order valence-electron chi connectivity index (χ1n) is 7.28. The van der Waals surface area contributed by atoms with E-state index in [2.05, 4.69) is 5.32 Å². The van der Waals surface area contributed by atoms with Crippen molar-refractivity contribution in [3.63, 3.8) is 0 Å². The quantitative estimate of drug-likeness (QED) is 0.870. The van der Waals surface area contributed by atoms with Crippen molar-refractivity contribution in [3.05, 3.63) is 35.9 Å². The van der Waals surface area contributed by atoms with E-state index in [0.717, 1.165) is 10.5 Å². The number of imide groups is 1. The second kappa shape index (κ2) is 7.06. The van der Waals surface area contributed by atoms with Crippen molar-refractivity contribution in [3.8, 4) is 0 Å². The number of nitrogens with zero attached hydrogens (tertiary/aromatic N) is 1. The Kier molecular flexibility index (Phi) is 5.14. The van der Waals surface area contributed by atoms with Crippen LogP contribution in [0.5, 0.6) is 0 Å². The van der Waals surface area contributed by atoms with Gasteiger partial charge >= 0.3 is 6.09 Å². The highest BCUT2D eigenvalue weighted by Crippen LogP contribution is 2.18. The molecule has 6 nitrogen and oxygen atoms in total. The average molecular weight is 304 g/mol. The van der Waals surface area contributed by atoms with Gasteiger partial charge in [0.25, 0.3) is 5.91 Å². The fourth-order valence-electron chi connectivity index (χ4n) is 2.28. The lowest BCUT2D eigenvalue weighted by Gasteiger charge is -2.23. The van der Waals surface area contributed by atoms with Crippen LogP contribution >= 0.6 is 0 Å². The fourth-order valence-corrected chi connectivity index (χ4v) is 2.28. The van der Waals surface area contributed by atoms with Gasteiger partial charge in [0, 0.05) is 6.42 Å². The predicted molar refractivity (Wildman–Crippen MR) is 79.8 cm³/mol. The molecule has 0 radical (unpaired) electrons. The maximum Gasteiger partial charge on any atom is 0.417 e. The summed E-state index contributed by atoms with van der Waals surface area (Å²) in [5, 5.41) is 2.89. The van der Waals surface area contributed by atoms with Crippen molar-refractivity contribution in [2.75, 3.05) is 13.2 Å². The molecule has 1 aromatic carbocycles. The summed E-state index contributed by atoms with van der Waals surface area (Å²) in [6.45, 7) is 3.75. The van der Waals surface area contributed by atoms with E-state index in [1.807, 2.05) is 44.2 Å². The number of amides is 3. The molecular formula is C16H20N2O4. The highest BCUT2D eigenvalue weighted by Gasteiger charge is 2.33. The molecule has 1 aromatic rings. The summed E-state index contributed by atoms with van der Waals surface area (Å²) in [5.41, 5.74) is 0.840. The fraction of sp³-hybridized carbons (Fsp3) is 0.438. The molecule has 1 fully saturated rings. The lowest BCUT2D eigenvalue weighted by atomic mass is 10.0. The summed E-state index contributed by atoms with van der Waals surface area (Å²) in [7, 11) is 0. The number of hydrogen-bond acceptors (Lipinski definition) is 4. The van der Waals surface area contributed by atoms with Crippen LogP contribution in [0.25, 0.3) is 0 Å². The Morgan fingerprint density at radius 1 is 1.27 bits per heavy atom. The predicted octanol–water partition coefficient (Wildman–Crippen LogP) is 1.87. The molecule has 1 aliphatic rings. The van der Waals surface area contributed by atoms with Crippen LogP contribution in [0, 0.1) is 5.92 Å². The van der Waals surface area contributed by atoms with Gasteiger partial charge in [0.15, 0.2) is 6.61 Å². The van der Waals surface area contributed by atoms with Crippen molar-refractivity contribution < 1.29 is 19.1 Å². The van der Waals surface area contributed by atoms with E-state index in [-0.39, 0.29) is 30.9 Å². The van der Waals surface area contributed by atoms with E-state index in [1.165, 1.54) is 0 Å². The third-order valence-electron chi connectivity index (χ3n) is 3.34. The highest BCUT2D eigenvalue weighted by atomic mass is 16.6. The minimum Gasteiger partial charge on any atom is -0.439 e. The number of benzene rings is 1. The molecule has 0 spiro atoms. The number of ether oxygens (including phenoxy) is 1. The topological polar surface area (TPSA) is 75.7 Å². The highest BCUT2D eigenvalue weighted by molar-refractivity contribution is 5.97. The van der Waals surface area contributed by atoms with Crippen molar-refractivity contribution in [2.45, 2.75) is 26.3 Å². The van der Waals surface area contributed by atoms with Gasteiger partial charge in [0.2, 0.25) is 5.91 Å². The van der Waals surface area contributed by atoms with Gasteiger partial charge in [-0.15, -0.1) is 0 Å². The molecule has 1 atom stereocenters. The average Bonchev–Trinajstić information content (AvgIpc) is 2.78.